The van der Waals surface area contributed by atoms with Crippen molar-refractivity contribution in [3.8, 4) is 46.7 Å². The Kier molecular flexibility index (Phi) is 6.83. The molecule has 1 N–H and O–H groups in total. The number of aromatic nitrogens is 1. The van der Waals surface area contributed by atoms with Crippen LogP contribution in [0.1, 0.15) is 38.9 Å². The molecule has 0 radical (unpaired) electrons. The van der Waals surface area contributed by atoms with Crippen LogP contribution in [0, 0.1) is 50.7 Å². The third kappa shape index (κ3) is 4.51. The van der Waals surface area contributed by atoms with E-state index in [0.717, 1.165) is 22.1 Å². The fraction of sp³-hybridized carbons (Fsp3) is 0. The van der Waals surface area contributed by atoms with Gasteiger partial charge >= 0.3 is 0 Å². The van der Waals surface area contributed by atoms with Gasteiger partial charge in [0.2, 0.25) is 0 Å². The molecule has 0 aliphatic heterocycles. The molecule has 1 aromatic heterocycles. The minimum absolute atomic E-state index is 0.188. The molecule has 1 heterocycles. The van der Waals surface area contributed by atoms with Crippen molar-refractivity contribution < 1.29 is 0 Å². The van der Waals surface area contributed by atoms with E-state index in [1.54, 1.807) is 24.3 Å². The van der Waals surface area contributed by atoms with E-state index in [1.165, 1.54) is 12.1 Å². The Morgan fingerprint density at radius 3 is 2.00 bits per heavy atom. The van der Waals surface area contributed by atoms with Crippen LogP contribution < -0.4 is 0 Å². The highest BCUT2D eigenvalue weighted by Crippen LogP contribution is 2.39. The lowest BCUT2D eigenvalue weighted by Crippen LogP contribution is -2.22. The first-order valence-electron chi connectivity index (χ1n) is 13.0. The van der Waals surface area contributed by atoms with Crippen molar-refractivity contribution in [2.24, 2.45) is 4.40 Å². The molecule has 0 saturated heterocycles. The van der Waals surface area contributed by atoms with E-state index in [2.05, 4.69) is 35.4 Å². The third-order valence-corrected chi connectivity index (χ3v) is 7.52. The molecule has 5 aromatic rings. The number of nitriles is 4. The van der Waals surface area contributed by atoms with Crippen molar-refractivity contribution in [1.29, 1.82) is 26.5 Å². The van der Waals surface area contributed by atoms with Gasteiger partial charge in [-0.25, -0.2) is 9.38 Å². The van der Waals surface area contributed by atoms with E-state index >= 15 is 0 Å². The van der Waals surface area contributed by atoms with Gasteiger partial charge in [0.25, 0.3) is 0 Å². The fourth-order valence-corrected chi connectivity index (χ4v) is 5.60. The van der Waals surface area contributed by atoms with Gasteiger partial charge in [-0.3, -0.25) is 5.41 Å². The SMILES string of the molecule is N#Cc1cccc(-c2nc3ccccc3c3c2C=C(c2ccc(-c4c(C#N)cc(C#N)cc4C#N)cc2)C(=NS)C3=N)c1. The van der Waals surface area contributed by atoms with Gasteiger partial charge in [0.05, 0.1) is 63.5 Å². The summed E-state index contributed by atoms with van der Waals surface area (Å²) >= 11 is 4.24. The molecule has 198 valence electrons. The van der Waals surface area contributed by atoms with Crippen LogP contribution in [-0.2, 0) is 0 Å². The Morgan fingerprint density at radius 1 is 0.674 bits per heavy atom. The summed E-state index contributed by atoms with van der Waals surface area (Å²) in [5, 5.41) is 48.4. The monoisotopic (exact) mass is 567 g/mol. The van der Waals surface area contributed by atoms with Crippen molar-refractivity contribution >= 4 is 46.8 Å². The highest BCUT2D eigenvalue weighted by molar-refractivity contribution is 7.79. The summed E-state index contributed by atoms with van der Waals surface area (Å²) in [6.07, 6.45) is 1.94. The first-order chi connectivity index (χ1) is 21.0. The van der Waals surface area contributed by atoms with Crippen LogP contribution in [0.5, 0.6) is 0 Å². The highest BCUT2D eigenvalue weighted by atomic mass is 32.1. The van der Waals surface area contributed by atoms with Crippen LogP contribution in [0.25, 0.3) is 44.9 Å². The molecule has 8 heteroatoms. The maximum absolute atomic E-state index is 9.75. The van der Waals surface area contributed by atoms with Gasteiger partial charge in [-0.2, -0.15) is 21.0 Å². The molecule has 0 amide bonds. The summed E-state index contributed by atoms with van der Waals surface area (Å²) in [6.45, 7) is 0. The first kappa shape index (κ1) is 26.9. The number of allylic oxidation sites excluding steroid dienone is 1. The van der Waals surface area contributed by atoms with Gasteiger partial charge in [0, 0.05) is 33.2 Å². The number of benzene rings is 4. The summed E-state index contributed by atoms with van der Waals surface area (Å²) in [5.41, 5.74) is 7.75. The number of hydrogen-bond acceptors (Lipinski definition) is 8. The zero-order valence-electron chi connectivity index (χ0n) is 22.3. The standard InChI is InChI=1S/C35H17N7S/c36-16-20-4-3-5-24(12-20)34-29-15-28(35(42-43)33(40)32(29)27-6-1-2-7-30(27)41-34)22-8-10-23(11-9-22)31-25(18-38)13-21(17-37)14-26(31)19-39/h1-15,40,43H. The van der Waals surface area contributed by atoms with Gasteiger partial charge in [-0.1, -0.05) is 54.6 Å². The summed E-state index contributed by atoms with van der Waals surface area (Å²) in [7, 11) is 0. The minimum atomic E-state index is 0.188. The van der Waals surface area contributed by atoms with Crippen molar-refractivity contribution in [1.82, 2.24) is 4.98 Å². The van der Waals surface area contributed by atoms with E-state index in [9.17, 15) is 26.5 Å². The van der Waals surface area contributed by atoms with E-state index in [1.807, 2.05) is 60.7 Å². The van der Waals surface area contributed by atoms with Gasteiger partial charge in [-0.15, -0.1) is 0 Å². The minimum Gasteiger partial charge on any atom is -0.298 e. The smallest absolute Gasteiger partial charge is 0.104 e. The molecule has 7 nitrogen and oxygen atoms in total. The topological polar surface area (TPSA) is 144 Å². The van der Waals surface area contributed by atoms with E-state index in [0.29, 0.717) is 44.7 Å². The van der Waals surface area contributed by atoms with E-state index in [4.69, 9.17) is 4.98 Å². The van der Waals surface area contributed by atoms with Crippen molar-refractivity contribution in [3.05, 3.63) is 124 Å². The van der Waals surface area contributed by atoms with Gasteiger partial charge in [-0.05, 0) is 60.3 Å². The van der Waals surface area contributed by atoms with Crippen molar-refractivity contribution in [3.63, 3.8) is 0 Å². The summed E-state index contributed by atoms with van der Waals surface area (Å²) in [4.78, 5) is 4.96. The number of rotatable bonds is 3. The molecule has 0 bridgehead atoms. The first-order valence-corrected chi connectivity index (χ1v) is 13.4. The molecule has 0 spiro atoms. The predicted octanol–water partition coefficient (Wildman–Crippen LogP) is 7.26. The van der Waals surface area contributed by atoms with Crippen LogP contribution in [0.3, 0.4) is 0 Å². The van der Waals surface area contributed by atoms with Crippen LogP contribution in [0.2, 0.25) is 0 Å². The largest absolute Gasteiger partial charge is 0.298 e. The molecule has 0 saturated carbocycles. The van der Waals surface area contributed by atoms with Crippen molar-refractivity contribution in [2.75, 3.05) is 0 Å². The van der Waals surface area contributed by atoms with Crippen LogP contribution in [-0.4, -0.2) is 16.4 Å². The molecule has 4 aromatic carbocycles. The molecule has 43 heavy (non-hydrogen) atoms. The summed E-state index contributed by atoms with van der Waals surface area (Å²) in [6, 6.07) is 33.4. The second-order valence-electron chi connectivity index (χ2n) is 9.70. The Labute approximate surface area is 252 Å². The lowest BCUT2D eigenvalue weighted by atomic mass is 9.82. The Bertz CT molecular complexity index is 2220. The normalized spacial score (nSPS) is 12.9. The molecule has 1 aliphatic carbocycles. The lowest BCUT2D eigenvalue weighted by Gasteiger charge is -2.23. The van der Waals surface area contributed by atoms with Gasteiger partial charge in [0.15, 0.2) is 0 Å². The quantitative estimate of drug-likeness (QED) is 0.220. The molecule has 1 aliphatic rings. The zero-order valence-corrected chi connectivity index (χ0v) is 23.2. The molecule has 0 unspecified atom stereocenters. The summed E-state index contributed by atoms with van der Waals surface area (Å²) < 4.78 is 4.21. The molecule has 6 rings (SSSR count). The Morgan fingerprint density at radius 2 is 1.35 bits per heavy atom. The van der Waals surface area contributed by atoms with Crippen molar-refractivity contribution in [2.45, 2.75) is 0 Å². The van der Waals surface area contributed by atoms with Crippen LogP contribution in [0.15, 0.2) is 89.3 Å². The number of nitrogens with zero attached hydrogens (tertiary/aromatic N) is 6. The number of nitrogens with one attached hydrogen (secondary N) is 1. The predicted molar refractivity (Wildman–Crippen MR) is 169 cm³/mol. The van der Waals surface area contributed by atoms with Crippen LogP contribution >= 0.6 is 12.8 Å². The molecule has 0 fully saturated rings. The number of hydrogen-bond donors (Lipinski definition) is 2. The maximum atomic E-state index is 9.75. The second-order valence-corrected chi connectivity index (χ2v) is 9.90. The zero-order chi connectivity index (χ0) is 30.1. The van der Waals surface area contributed by atoms with E-state index < -0.39 is 0 Å². The molecule has 0 atom stereocenters. The molecular formula is C35H17N7S. The Hall–Kier alpha value is -6.32. The molecular weight excluding hydrogens is 551 g/mol. The average molecular weight is 568 g/mol. The average Bonchev–Trinajstić information content (AvgIpc) is 3.07. The van der Waals surface area contributed by atoms with Crippen LogP contribution in [0.4, 0.5) is 0 Å². The number of thiol groups is 1. The number of fused-ring (bicyclic) bond motifs is 3. The number of para-hydroxylation sites is 1. The van der Waals surface area contributed by atoms with Gasteiger partial charge < -0.3 is 0 Å². The second kappa shape index (κ2) is 10.9. The lowest BCUT2D eigenvalue weighted by molar-refractivity contribution is 1.36. The fourth-order valence-electron chi connectivity index (χ4n) is 5.39. The maximum Gasteiger partial charge on any atom is 0.104 e. The van der Waals surface area contributed by atoms with Gasteiger partial charge in [0.1, 0.15) is 5.71 Å². The Balaban J connectivity index is 1.57. The third-order valence-electron chi connectivity index (χ3n) is 7.32. The highest BCUT2D eigenvalue weighted by Gasteiger charge is 2.29. The summed E-state index contributed by atoms with van der Waals surface area (Å²) in [5.74, 6) is 0. The number of pyridine rings is 1. The van der Waals surface area contributed by atoms with E-state index in [-0.39, 0.29) is 22.4 Å².